The Kier molecular flexibility index (Phi) is 4.10. The van der Waals surface area contributed by atoms with E-state index in [-0.39, 0.29) is 11.4 Å². The molecule has 2 aromatic rings. The molecule has 0 atom stereocenters. The fourth-order valence-electron chi connectivity index (χ4n) is 1.81. The van der Waals surface area contributed by atoms with Crippen molar-refractivity contribution in [1.82, 2.24) is 4.98 Å². The van der Waals surface area contributed by atoms with Gasteiger partial charge in [0.15, 0.2) is 0 Å². The largest absolute Gasteiger partial charge is 0.481 e. The summed E-state index contributed by atoms with van der Waals surface area (Å²) in [6.45, 7) is 1.73. The number of nitro groups is 1. The van der Waals surface area contributed by atoms with E-state index in [4.69, 9.17) is 4.74 Å². The predicted octanol–water partition coefficient (Wildman–Crippen LogP) is 3.48. The average molecular weight is 270 g/mol. The van der Waals surface area contributed by atoms with Crippen LogP contribution in [0, 0.1) is 17.0 Å². The highest BCUT2D eigenvalue weighted by Crippen LogP contribution is 2.26. The van der Waals surface area contributed by atoms with Gasteiger partial charge >= 0.3 is 0 Å². The van der Waals surface area contributed by atoms with Gasteiger partial charge in [-0.2, -0.15) is 0 Å². The molecule has 20 heavy (non-hydrogen) atoms. The van der Waals surface area contributed by atoms with Crippen LogP contribution in [0.1, 0.15) is 16.8 Å². The zero-order chi connectivity index (χ0) is 14.5. The number of benzene rings is 1. The highest BCUT2D eigenvalue weighted by Gasteiger charge is 2.16. The zero-order valence-corrected chi connectivity index (χ0v) is 11.2. The number of rotatable bonds is 4. The quantitative estimate of drug-likeness (QED) is 0.630. The maximum Gasteiger partial charge on any atom is 0.295 e. The van der Waals surface area contributed by atoms with Gasteiger partial charge in [-0.05, 0) is 18.6 Å². The molecule has 0 unspecified atom stereocenters. The topological polar surface area (TPSA) is 65.3 Å². The second kappa shape index (κ2) is 5.97. The smallest absolute Gasteiger partial charge is 0.295 e. The van der Waals surface area contributed by atoms with Crippen LogP contribution < -0.4 is 4.74 Å². The second-order valence-electron chi connectivity index (χ2n) is 4.22. The van der Waals surface area contributed by atoms with E-state index >= 15 is 0 Å². The molecule has 0 amide bonds. The van der Waals surface area contributed by atoms with Gasteiger partial charge in [0.1, 0.15) is 5.69 Å². The summed E-state index contributed by atoms with van der Waals surface area (Å²) in [6, 6.07) is 11.0. The first-order valence-electron chi connectivity index (χ1n) is 6.05. The van der Waals surface area contributed by atoms with Gasteiger partial charge in [-0.15, -0.1) is 0 Å². The van der Waals surface area contributed by atoms with Crippen molar-refractivity contribution in [2.75, 3.05) is 7.11 Å². The van der Waals surface area contributed by atoms with Crippen LogP contribution in [0.5, 0.6) is 5.88 Å². The molecule has 1 aromatic heterocycles. The number of pyridine rings is 1. The summed E-state index contributed by atoms with van der Waals surface area (Å²) in [5.41, 5.74) is 1.83. The maximum absolute atomic E-state index is 11.1. The first-order valence-corrected chi connectivity index (χ1v) is 6.05. The minimum Gasteiger partial charge on any atom is -0.481 e. The SMILES string of the molecule is COc1nc(/C=C/c2ccccc2)c([N+](=O)[O-])cc1C. The summed E-state index contributed by atoms with van der Waals surface area (Å²) in [7, 11) is 1.49. The summed E-state index contributed by atoms with van der Waals surface area (Å²) < 4.78 is 5.10. The maximum atomic E-state index is 11.1. The van der Waals surface area contributed by atoms with E-state index in [1.165, 1.54) is 13.2 Å². The molecule has 0 fully saturated rings. The van der Waals surface area contributed by atoms with E-state index in [0.29, 0.717) is 11.4 Å². The lowest BCUT2D eigenvalue weighted by atomic mass is 10.1. The lowest BCUT2D eigenvalue weighted by molar-refractivity contribution is -0.385. The Hall–Kier alpha value is -2.69. The van der Waals surface area contributed by atoms with Crippen molar-refractivity contribution in [2.24, 2.45) is 0 Å². The third-order valence-corrected chi connectivity index (χ3v) is 2.80. The van der Waals surface area contributed by atoms with Crippen LogP contribution in [0.25, 0.3) is 12.2 Å². The van der Waals surface area contributed by atoms with E-state index in [9.17, 15) is 10.1 Å². The van der Waals surface area contributed by atoms with Crippen molar-refractivity contribution in [3.05, 3.63) is 63.3 Å². The van der Waals surface area contributed by atoms with Gasteiger partial charge in [-0.3, -0.25) is 10.1 Å². The van der Waals surface area contributed by atoms with Gasteiger partial charge in [0.2, 0.25) is 5.88 Å². The molecule has 1 aromatic carbocycles. The van der Waals surface area contributed by atoms with Crippen molar-refractivity contribution in [3.63, 3.8) is 0 Å². The van der Waals surface area contributed by atoms with Crippen molar-refractivity contribution < 1.29 is 9.66 Å². The van der Waals surface area contributed by atoms with E-state index in [1.807, 2.05) is 30.3 Å². The first-order chi connectivity index (χ1) is 9.61. The number of hydrogen-bond acceptors (Lipinski definition) is 4. The van der Waals surface area contributed by atoms with Crippen molar-refractivity contribution >= 4 is 17.8 Å². The molecular formula is C15H14N2O3. The molecule has 5 nitrogen and oxygen atoms in total. The third kappa shape index (κ3) is 3.00. The Morgan fingerprint density at radius 2 is 1.95 bits per heavy atom. The number of methoxy groups -OCH3 is 1. The first kappa shape index (κ1) is 13.7. The van der Waals surface area contributed by atoms with Crippen molar-refractivity contribution in [2.45, 2.75) is 6.92 Å². The Bertz CT molecular complexity index is 652. The number of ether oxygens (including phenoxy) is 1. The molecule has 0 aliphatic rings. The lowest BCUT2D eigenvalue weighted by Gasteiger charge is -2.05. The van der Waals surface area contributed by atoms with Gasteiger partial charge < -0.3 is 4.74 Å². The molecule has 0 spiro atoms. The fourth-order valence-corrected chi connectivity index (χ4v) is 1.81. The molecule has 0 aliphatic carbocycles. The van der Waals surface area contributed by atoms with Crippen LogP contribution in [0.4, 0.5) is 5.69 Å². The van der Waals surface area contributed by atoms with Crippen LogP contribution in [0.15, 0.2) is 36.4 Å². The van der Waals surface area contributed by atoms with Gasteiger partial charge in [0, 0.05) is 11.6 Å². The second-order valence-corrected chi connectivity index (χ2v) is 4.22. The normalized spacial score (nSPS) is 10.7. The fraction of sp³-hybridized carbons (Fsp3) is 0.133. The van der Waals surface area contributed by atoms with Gasteiger partial charge in [-0.1, -0.05) is 36.4 Å². The third-order valence-electron chi connectivity index (χ3n) is 2.80. The highest BCUT2D eigenvalue weighted by atomic mass is 16.6. The van der Waals surface area contributed by atoms with Crippen LogP contribution in [-0.4, -0.2) is 17.0 Å². The molecular weight excluding hydrogens is 256 g/mol. The summed E-state index contributed by atoms with van der Waals surface area (Å²) in [5, 5.41) is 11.1. The number of aromatic nitrogens is 1. The molecule has 0 saturated heterocycles. The summed E-state index contributed by atoms with van der Waals surface area (Å²) >= 11 is 0. The number of nitrogens with zero attached hydrogens (tertiary/aromatic N) is 2. The number of aryl methyl sites for hydroxylation is 1. The standard InChI is InChI=1S/C15H14N2O3/c1-11-10-14(17(18)19)13(16-15(11)20-2)9-8-12-6-4-3-5-7-12/h3-10H,1-2H3/b9-8+. The summed E-state index contributed by atoms with van der Waals surface area (Å²) in [6.07, 6.45) is 3.40. The Balaban J connectivity index is 2.44. The molecule has 0 saturated carbocycles. The molecule has 5 heteroatoms. The molecule has 2 rings (SSSR count). The minimum absolute atomic E-state index is 0.0320. The monoisotopic (exact) mass is 270 g/mol. The van der Waals surface area contributed by atoms with Crippen LogP contribution >= 0.6 is 0 Å². The molecule has 1 heterocycles. The van der Waals surface area contributed by atoms with E-state index in [1.54, 1.807) is 19.1 Å². The van der Waals surface area contributed by atoms with Crippen LogP contribution in [0.2, 0.25) is 0 Å². The average Bonchev–Trinajstić information content (AvgIpc) is 2.46. The van der Waals surface area contributed by atoms with Gasteiger partial charge in [-0.25, -0.2) is 4.98 Å². The van der Waals surface area contributed by atoms with Crippen LogP contribution in [0.3, 0.4) is 0 Å². The zero-order valence-electron chi connectivity index (χ0n) is 11.2. The Morgan fingerprint density at radius 1 is 1.25 bits per heavy atom. The van der Waals surface area contributed by atoms with Gasteiger partial charge in [0.05, 0.1) is 12.0 Å². The molecule has 0 N–H and O–H groups in total. The van der Waals surface area contributed by atoms with Crippen LogP contribution in [-0.2, 0) is 0 Å². The van der Waals surface area contributed by atoms with Gasteiger partial charge in [0.25, 0.3) is 5.69 Å². The summed E-state index contributed by atoms with van der Waals surface area (Å²) in [5.74, 6) is 0.392. The molecule has 0 aliphatic heterocycles. The molecule has 102 valence electrons. The number of hydrogen-bond donors (Lipinski definition) is 0. The minimum atomic E-state index is -0.440. The summed E-state index contributed by atoms with van der Waals surface area (Å²) in [4.78, 5) is 14.8. The van der Waals surface area contributed by atoms with E-state index in [2.05, 4.69) is 4.98 Å². The Morgan fingerprint density at radius 3 is 2.55 bits per heavy atom. The Labute approximate surface area is 116 Å². The predicted molar refractivity (Wildman–Crippen MR) is 77.6 cm³/mol. The van der Waals surface area contributed by atoms with Crippen molar-refractivity contribution in [3.8, 4) is 5.88 Å². The van der Waals surface area contributed by atoms with E-state index < -0.39 is 4.92 Å². The lowest BCUT2D eigenvalue weighted by Crippen LogP contribution is -1.99. The highest BCUT2D eigenvalue weighted by molar-refractivity contribution is 5.72. The molecule has 0 radical (unpaired) electrons. The van der Waals surface area contributed by atoms with E-state index in [0.717, 1.165) is 5.56 Å². The van der Waals surface area contributed by atoms with Crippen molar-refractivity contribution in [1.29, 1.82) is 0 Å². The molecule has 0 bridgehead atoms.